The number of hydrogen-bond acceptors (Lipinski definition) is 4. The summed E-state index contributed by atoms with van der Waals surface area (Å²) in [6.07, 6.45) is 4.83. The highest BCUT2D eigenvalue weighted by Crippen LogP contribution is 2.29. The summed E-state index contributed by atoms with van der Waals surface area (Å²) in [5, 5.41) is 7.38. The van der Waals surface area contributed by atoms with Gasteiger partial charge in [-0.3, -0.25) is 9.59 Å². The Balaban J connectivity index is 1.40. The van der Waals surface area contributed by atoms with E-state index < -0.39 is 0 Å². The Morgan fingerprint density at radius 2 is 2.12 bits per heavy atom. The van der Waals surface area contributed by atoms with Crippen LogP contribution in [0.2, 0.25) is 0 Å². The Labute approximate surface area is 139 Å². The molecule has 1 aromatic heterocycles. The molecule has 2 aromatic rings. The molecule has 0 saturated carbocycles. The molecule has 3 aliphatic rings. The van der Waals surface area contributed by atoms with E-state index in [4.69, 9.17) is 4.42 Å². The summed E-state index contributed by atoms with van der Waals surface area (Å²) < 4.78 is 5.47. The molecule has 24 heavy (non-hydrogen) atoms. The molecule has 0 spiro atoms. The molecular formula is C18H19N3O3. The van der Waals surface area contributed by atoms with Gasteiger partial charge in [0, 0.05) is 42.2 Å². The maximum absolute atomic E-state index is 12.6. The van der Waals surface area contributed by atoms with E-state index in [0.717, 1.165) is 25.9 Å². The van der Waals surface area contributed by atoms with Crippen molar-refractivity contribution >= 4 is 22.8 Å². The number of carbonyl (C=O) groups is 2. The lowest BCUT2D eigenvalue weighted by Crippen LogP contribution is -2.42. The fourth-order valence-electron chi connectivity index (χ4n) is 3.99. The third-order valence-corrected chi connectivity index (χ3v) is 5.42. The van der Waals surface area contributed by atoms with Crippen LogP contribution in [0.15, 0.2) is 28.9 Å². The molecule has 0 unspecified atom stereocenters. The third-order valence-electron chi connectivity index (χ3n) is 5.42. The van der Waals surface area contributed by atoms with Crippen LogP contribution in [0.25, 0.3) is 11.0 Å². The van der Waals surface area contributed by atoms with Crippen LogP contribution in [-0.4, -0.2) is 47.9 Å². The van der Waals surface area contributed by atoms with Gasteiger partial charge in [-0.1, -0.05) is 0 Å². The number of fused-ring (bicyclic) bond motifs is 3. The highest BCUT2D eigenvalue weighted by atomic mass is 16.3. The number of hydrogen-bond donors (Lipinski definition) is 2. The van der Waals surface area contributed by atoms with Crippen molar-refractivity contribution in [3.8, 4) is 0 Å². The van der Waals surface area contributed by atoms with Crippen LogP contribution in [0.4, 0.5) is 0 Å². The Morgan fingerprint density at radius 1 is 1.25 bits per heavy atom. The number of benzene rings is 1. The van der Waals surface area contributed by atoms with Crippen molar-refractivity contribution < 1.29 is 14.0 Å². The minimum atomic E-state index is -0.0809. The van der Waals surface area contributed by atoms with Crippen LogP contribution in [0.1, 0.15) is 40.0 Å². The van der Waals surface area contributed by atoms with Crippen LogP contribution in [0.5, 0.6) is 0 Å². The first kappa shape index (κ1) is 14.0. The topological polar surface area (TPSA) is 74.4 Å². The van der Waals surface area contributed by atoms with E-state index in [-0.39, 0.29) is 17.9 Å². The molecule has 3 fully saturated rings. The van der Waals surface area contributed by atoms with Crippen molar-refractivity contribution in [3.05, 3.63) is 35.6 Å². The van der Waals surface area contributed by atoms with Crippen molar-refractivity contribution in [1.29, 1.82) is 0 Å². The second kappa shape index (κ2) is 5.08. The fraction of sp³-hybridized carbons (Fsp3) is 0.444. The number of carbonyl (C=O) groups excluding carboxylic acids is 2. The summed E-state index contributed by atoms with van der Waals surface area (Å²) in [5.74, 6) is -0.105. The first-order valence-corrected chi connectivity index (χ1v) is 8.56. The second-order valence-corrected chi connectivity index (χ2v) is 7.02. The maximum atomic E-state index is 12.6. The molecule has 1 aromatic carbocycles. The number of nitrogens with one attached hydrogen (secondary N) is 2. The van der Waals surface area contributed by atoms with Gasteiger partial charge in [0.1, 0.15) is 11.8 Å². The summed E-state index contributed by atoms with van der Waals surface area (Å²) in [6, 6.07) is 6.45. The summed E-state index contributed by atoms with van der Waals surface area (Å²) in [5.41, 5.74) is 1.75. The Bertz CT molecular complexity index is 839. The van der Waals surface area contributed by atoms with Gasteiger partial charge in [0.15, 0.2) is 0 Å². The Morgan fingerprint density at radius 3 is 2.83 bits per heavy atom. The first-order valence-electron chi connectivity index (χ1n) is 8.56. The standard InChI is InChI=1S/C18H19N3O3/c22-17(20-15-8-11-2-3-14(15)19-11)10-1-4-16-12(7-10)13(9-24-16)18(23)21-5-6-21/h1,4,7,9,11,14-15,19H,2-3,5-6,8H2,(H,20,22)/t11-,14+,15-/m1/s1. The molecule has 2 bridgehead atoms. The lowest BCUT2D eigenvalue weighted by Gasteiger charge is -2.21. The normalized spacial score (nSPS) is 27.7. The van der Waals surface area contributed by atoms with Gasteiger partial charge in [0.05, 0.1) is 5.56 Å². The van der Waals surface area contributed by atoms with Gasteiger partial charge in [-0.05, 0) is 37.5 Å². The minimum Gasteiger partial charge on any atom is -0.463 e. The summed E-state index contributed by atoms with van der Waals surface area (Å²) in [7, 11) is 0. The van der Waals surface area contributed by atoms with Crippen molar-refractivity contribution in [3.63, 3.8) is 0 Å². The second-order valence-electron chi connectivity index (χ2n) is 7.02. The van der Waals surface area contributed by atoms with Crippen molar-refractivity contribution in [1.82, 2.24) is 15.5 Å². The van der Waals surface area contributed by atoms with Gasteiger partial charge < -0.3 is 20.0 Å². The summed E-state index contributed by atoms with van der Waals surface area (Å²) in [4.78, 5) is 26.6. The van der Waals surface area contributed by atoms with Crippen molar-refractivity contribution in [2.24, 2.45) is 0 Å². The number of furan rings is 1. The van der Waals surface area contributed by atoms with Crippen molar-refractivity contribution in [2.75, 3.05) is 13.1 Å². The highest BCUT2D eigenvalue weighted by Gasteiger charge is 2.39. The van der Waals surface area contributed by atoms with Crippen molar-refractivity contribution in [2.45, 2.75) is 37.4 Å². The van der Waals surface area contributed by atoms with Crippen LogP contribution in [-0.2, 0) is 0 Å². The summed E-state index contributed by atoms with van der Waals surface area (Å²) >= 11 is 0. The minimum absolute atomic E-state index is 0.0244. The molecule has 6 nitrogen and oxygen atoms in total. The molecule has 2 amide bonds. The third kappa shape index (κ3) is 2.21. The molecule has 3 saturated heterocycles. The van der Waals surface area contributed by atoms with Crippen LogP contribution >= 0.6 is 0 Å². The zero-order chi connectivity index (χ0) is 16.3. The fourth-order valence-corrected chi connectivity index (χ4v) is 3.99. The average Bonchev–Trinajstić information content (AvgIpc) is 3.03. The smallest absolute Gasteiger partial charge is 0.257 e. The molecule has 3 atom stereocenters. The molecule has 6 heteroatoms. The number of rotatable bonds is 3. The Hall–Kier alpha value is -2.34. The van der Waals surface area contributed by atoms with E-state index in [1.165, 1.54) is 12.7 Å². The van der Waals surface area contributed by atoms with Gasteiger partial charge in [-0.15, -0.1) is 0 Å². The van der Waals surface area contributed by atoms with E-state index in [0.29, 0.717) is 34.2 Å². The molecule has 5 rings (SSSR count). The van der Waals surface area contributed by atoms with Gasteiger partial charge in [-0.25, -0.2) is 0 Å². The quantitative estimate of drug-likeness (QED) is 0.839. The Kier molecular flexibility index (Phi) is 2.97. The zero-order valence-electron chi connectivity index (χ0n) is 13.2. The largest absolute Gasteiger partial charge is 0.463 e. The molecular weight excluding hydrogens is 306 g/mol. The molecule has 2 N–H and O–H groups in total. The van der Waals surface area contributed by atoms with E-state index >= 15 is 0 Å². The predicted octanol–water partition coefficient (Wildman–Crippen LogP) is 1.51. The highest BCUT2D eigenvalue weighted by molar-refractivity contribution is 6.08. The maximum Gasteiger partial charge on any atom is 0.257 e. The lowest BCUT2D eigenvalue weighted by molar-refractivity contribution is 0.0884. The van der Waals surface area contributed by atoms with Crippen LogP contribution < -0.4 is 10.6 Å². The van der Waals surface area contributed by atoms with Crippen LogP contribution in [0, 0.1) is 0 Å². The molecule has 4 heterocycles. The number of nitrogens with zero attached hydrogens (tertiary/aromatic N) is 1. The predicted molar refractivity (Wildman–Crippen MR) is 87.9 cm³/mol. The monoisotopic (exact) mass is 325 g/mol. The molecule has 0 aliphatic carbocycles. The summed E-state index contributed by atoms with van der Waals surface area (Å²) in [6.45, 7) is 1.59. The van der Waals surface area contributed by atoms with Gasteiger partial charge in [-0.2, -0.15) is 0 Å². The SMILES string of the molecule is O=C(N[C@@H]1C[C@H]2CC[C@@H]1N2)c1ccc2occ(C(=O)N3CC3)c2c1. The van der Waals surface area contributed by atoms with E-state index in [1.807, 2.05) is 0 Å². The van der Waals surface area contributed by atoms with Crippen LogP contribution in [0.3, 0.4) is 0 Å². The molecule has 124 valence electrons. The van der Waals surface area contributed by atoms with Gasteiger partial charge in [0.25, 0.3) is 11.8 Å². The lowest BCUT2D eigenvalue weighted by atomic mass is 9.95. The van der Waals surface area contributed by atoms with E-state index in [2.05, 4.69) is 10.6 Å². The van der Waals surface area contributed by atoms with E-state index in [9.17, 15) is 9.59 Å². The van der Waals surface area contributed by atoms with E-state index in [1.54, 1.807) is 23.1 Å². The zero-order valence-corrected chi connectivity index (χ0v) is 13.2. The molecule has 3 aliphatic heterocycles. The number of amides is 2. The first-order chi connectivity index (χ1) is 11.7. The molecule has 0 radical (unpaired) electrons. The van der Waals surface area contributed by atoms with Gasteiger partial charge >= 0.3 is 0 Å². The average molecular weight is 325 g/mol. The van der Waals surface area contributed by atoms with Gasteiger partial charge in [0.2, 0.25) is 0 Å².